The van der Waals surface area contributed by atoms with Crippen LogP contribution in [0.25, 0.3) is 0 Å². The zero-order valence-electron chi connectivity index (χ0n) is 12.9. The van der Waals surface area contributed by atoms with Crippen LogP contribution in [-0.2, 0) is 11.3 Å². The molecule has 1 N–H and O–H groups in total. The van der Waals surface area contributed by atoms with Crippen molar-refractivity contribution in [1.82, 2.24) is 5.32 Å². The number of hydrogen-bond donors (Lipinski definition) is 1. The molecule has 3 fully saturated rings. The number of hydrogen-bond acceptors (Lipinski definition) is 2. The molecule has 0 radical (unpaired) electrons. The van der Waals surface area contributed by atoms with Gasteiger partial charge in [0, 0.05) is 0 Å². The Morgan fingerprint density at radius 3 is 2.57 bits per heavy atom. The number of benzene rings is 1. The second kappa shape index (κ2) is 6.10. The third-order valence-corrected chi connectivity index (χ3v) is 5.87. The van der Waals surface area contributed by atoms with Crippen LogP contribution in [0, 0.1) is 11.8 Å². The van der Waals surface area contributed by atoms with Gasteiger partial charge in [0.2, 0.25) is 0 Å². The average Bonchev–Trinajstić information content (AvgIpc) is 3.22. The van der Waals surface area contributed by atoms with Gasteiger partial charge in [-0.15, -0.1) is 0 Å². The molecule has 1 aromatic carbocycles. The largest absolute Gasteiger partial charge is 0.374 e. The monoisotopic (exact) mass is 285 g/mol. The molecule has 0 spiro atoms. The fraction of sp³-hybridized carbons (Fsp3) is 0.684. The van der Waals surface area contributed by atoms with Crippen LogP contribution in [0.5, 0.6) is 0 Å². The predicted molar refractivity (Wildman–Crippen MR) is 85.3 cm³/mol. The molecular formula is C19H27NO. The van der Waals surface area contributed by atoms with Gasteiger partial charge in [0.05, 0.1) is 12.7 Å². The molecule has 2 heteroatoms. The normalized spacial score (nSPS) is 32.7. The zero-order chi connectivity index (χ0) is 14.1. The fourth-order valence-corrected chi connectivity index (χ4v) is 4.66. The molecule has 1 saturated heterocycles. The van der Waals surface area contributed by atoms with Crippen LogP contribution in [0.2, 0.25) is 0 Å². The Bertz CT molecular complexity index is 468. The summed E-state index contributed by atoms with van der Waals surface area (Å²) in [5, 5.41) is 3.50. The van der Waals surface area contributed by atoms with Crippen LogP contribution in [0.15, 0.2) is 24.3 Å². The highest BCUT2D eigenvalue weighted by Gasteiger charge is 2.37. The van der Waals surface area contributed by atoms with Crippen molar-refractivity contribution in [2.24, 2.45) is 11.8 Å². The minimum Gasteiger partial charge on any atom is -0.374 e. The lowest BCUT2D eigenvalue weighted by Gasteiger charge is -2.15. The summed E-state index contributed by atoms with van der Waals surface area (Å²) in [6.45, 7) is 3.22. The van der Waals surface area contributed by atoms with Crippen LogP contribution in [0.1, 0.15) is 55.6 Å². The summed E-state index contributed by atoms with van der Waals surface area (Å²) < 4.78 is 6.22. The second-order valence-electron chi connectivity index (χ2n) is 7.31. The van der Waals surface area contributed by atoms with Crippen molar-refractivity contribution in [3.63, 3.8) is 0 Å². The first-order valence-corrected chi connectivity index (χ1v) is 8.79. The van der Waals surface area contributed by atoms with E-state index in [4.69, 9.17) is 4.74 Å². The van der Waals surface area contributed by atoms with E-state index in [-0.39, 0.29) is 0 Å². The smallest absolute Gasteiger partial charge is 0.0720 e. The number of rotatable bonds is 4. The Morgan fingerprint density at radius 1 is 1.05 bits per heavy atom. The first-order valence-electron chi connectivity index (χ1n) is 8.79. The molecule has 1 heterocycles. The summed E-state index contributed by atoms with van der Waals surface area (Å²) in [4.78, 5) is 0. The van der Waals surface area contributed by atoms with Gasteiger partial charge in [-0.1, -0.05) is 37.1 Å². The third-order valence-electron chi connectivity index (χ3n) is 5.87. The van der Waals surface area contributed by atoms with Gasteiger partial charge in [-0.25, -0.2) is 0 Å². The molecule has 0 aromatic heterocycles. The Morgan fingerprint density at radius 2 is 1.81 bits per heavy atom. The van der Waals surface area contributed by atoms with E-state index in [2.05, 4.69) is 29.6 Å². The van der Waals surface area contributed by atoms with Crippen molar-refractivity contribution in [3.05, 3.63) is 35.4 Å². The number of ether oxygens (including phenoxy) is 1. The van der Waals surface area contributed by atoms with Crippen molar-refractivity contribution < 1.29 is 4.74 Å². The second-order valence-corrected chi connectivity index (χ2v) is 7.31. The molecule has 2 aliphatic carbocycles. The van der Waals surface area contributed by atoms with E-state index in [1.807, 2.05) is 0 Å². The van der Waals surface area contributed by atoms with Crippen LogP contribution in [-0.4, -0.2) is 19.2 Å². The molecule has 2 unspecified atom stereocenters. The molecule has 2 nitrogen and oxygen atoms in total. The number of fused-ring (bicyclic) bond motifs is 1. The van der Waals surface area contributed by atoms with E-state index in [0.29, 0.717) is 6.10 Å². The molecule has 1 aliphatic heterocycles. The van der Waals surface area contributed by atoms with Gasteiger partial charge in [0.25, 0.3) is 0 Å². The summed E-state index contributed by atoms with van der Waals surface area (Å²) >= 11 is 0. The Labute approximate surface area is 128 Å². The molecule has 1 aromatic rings. The highest BCUT2D eigenvalue weighted by Crippen LogP contribution is 2.37. The standard InChI is InChI=1S/C19H27NO/c1-2-6-15(5-1)16-7-3-4-14(8-16)13-21-19-9-17-11-20-12-18(17)10-19/h3-4,7-8,15,17-20H,1-2,5-6,9-13H2. The van der Waals surface area contributed by atoms with E-state index in [9.17, 15) is 0 Å². The van der Waals surface area contributed by atoms with Crippen molar-refractivity contribution in [1.29, 1.82) is 0 Å². The first-order chi connectivity index (χ1) is 10.4. The molecule has 3 aliphatic rings. The topological polar surface area (TPSA) is 21.3 Å². The van der Waals surface area contributed by atoms with Crippen molar-refractivity contribution in [3.8, 4) is 0 Å². The first kappa shape index (κ1) is 13.8. The quantitative estimate of drug-likeness (QED) is 0.907. The van der Waals surface area contributed by atoms with E-state index in [1.54, 1.807) is 5.56 Å². The molecule has 0 bridgehead atoms. The van der Waals surface area contributed by atoms with Gasteiger partial charge in [0.15, 0.2) is 0 Å². The lowest BCUT2D eigenvalue weighted by Crippen LogP contribution is -2.16. The van der Waals surface area contributed by atoms with Gasteiger partial charge < -0.3 is 10.1 Å². The minimum absolute atomic E-state index is 0.497. The minimum atomic E-state index is 0.497. The van der Waals surface area contributed by atoms with Crippen LogP contribution in [0.4, 0.5) is 0 Å². The molecule has 21 heavy (non-hydrogen) atoms. The van der Waals surface area contributed by atoms with E-state index < -0.39 is 0 Å². The Kier molecular flexibility index (Phi) is 4.00. The third kappa shape index (κ3) is 3.02. The lowest BCUT2D eigenvalue weighted by atomic mass is 9.96. The molecular weight excluding hydrogens is 258 g/mol. The molecule has 2 saturated carbocycles. The van der Waals surface area contributed by atoms with E-state index in [0.717, 1.165) is 24.4 Å². The molecule has 2 atom stereocenters. The Hall–Kier alpha value is -0.860. The molecule has 4 rings (SSSR count). The van der Waals surface area contributed by atoms with Gasteiger partial charge in [0.1, 0.15) is 0 Å². The number of nitrogens with one attached hydrogen (secondary N) is 1. The summed E-state index contributed by atoms with van der Waals surface area (Å²) in [6.07, 6.45) is 8.60. The van der Waals surface area contributed by atoms with Crippen molar-refractivity contribution in [2.75, 3.05) is 13.1 Å². The van der Waals surface area contributed by atoms with E-state index in [1.165, 1.54) is 57.2 Å². The maximum atomic E-state index is 6.22. The maximum Gasteiger partial charge on any atom is 0.0720 e. The van der Waals surface area contributed by atoms with Gasteiger partial charge in [-0.3, -0.25) is 0 Å². The van der Waals surface area contributed by atoms with Gasteiger partial charge in [-0.2, -0.15) is 0 Å². The van der Waals surface area contributed by atoms with Crippen LogP contribution >= 0.6 is 0 Å². The van der Waals surface area contributed by atoms with E-state index >= 15 is 0 Å². The predicted octanol–water partition coefficient (Wildman–Crippen LogP) is 3.86. The van der Waals surface area contributed by atoms with Crippen molar-refractivity contribution in [2.45, 2.75) is 57.2 Å². The fourth-order valence-electron chi connectivity index (χ4n) is 4.66. The average molecular weight is 285 g/mol. The SMILES string of the molecule is c1cc(COC2CC3CNCC3C2)cc(C2CCCC2)c1. The van der Waals surface area contributed by atoms with Gasteiger partial charge >= 0.3 is 0 Å². The van der Waals surface area contributed by atoms with Crippen LogP contribution in [0.3, 0.4) is 0 Å². The van der Waals surface area contributed by atoms with Gasteiger partial charge in [-0.05, 0) is 67.7 Å². The summed E-state index contributed by atoms with van der Waals surface area (Å²) in [6, 6.07) is 9.16. The van der Waals surface area contributed by atoms with Crippen molar-refractivity contribution >= 4 is 0 Å². The van der Waals surface area contributed by atoms with Crippen LogP contribution < -0.4 is 5.32 Å². The highest BCUT2D eigenvalue weighted by atomic mass is 16.5. The summed E-state index contributed by atoms with van der Waals surface area (Å²) in [5.74, 6) is 2.56. The summed E-state index contributed by atoms with van der Waals surface area (Å²) in [5.41, 5.74) is 2.91. The summed E-state index contributed by atoms with van der Waals surface area (Å²) in [7, 11) is 0. The lowest BCUT2D eigenvalue weighted by molar-refractivity contribution is 0.0404. The molecule has 114 valence electrons. The zero-order valence-corrected chi connectivity index (χ0v) is 12.9. The molecule has 0 amide bonds. The highest BCUT2D eigenvalue weighted by molar-refractivity contribution is 5.26. The Balaban J connectivity index is 1.33. The maximum absolute atomic E-state index is 6.22.